The quantitative estimate of drug-likeness (QED) is 0.607. The fraction of sp³-hybridized carbons (Fsp3) is 0.0769. The average Bonchev–Trinajstić information content (AvgIpc) is 2.33. The van der Waals surface area contributed by atoms with Crippen LogP contribution in [0.15, 0.2) is 53.7 Å². The Balaban J connectivity index is 0.00000144. The van der Waals surface area contributed by atoms with E-state index in [9.17, 15) is 0 Å². The van der Waals surface area contributed by atoms with Gasteiger partial charge in [-0.2, -0.15) is 0 Å². The van der Waals surface area contributed by atoms with Crippen LogP contribution >= 0.6 is 11.6 Å². The number of rotatable bonds is 2. The molecule has 0 amide bonds. The molecule has 0 saturated heterocycles. The molecule has 0 radical (unpaired) electrons. The molecule has 0 aliphatic heterocycles. The van der Waals surface area contributed by atoms with E-state index in [-0.39, 0.29) is 17.1 Å². The van der Waals surface area contributed by atoms with Crippen LogP contribution in [0.5, 0.6) is 0 Å². The Morgan fingerprint density at radius 1 is 1.12 bits per heavy atom. The number of benzene rings is 1. The third-order valence-corrected chi connectivity index (χ3v) is 2.50. The molecular formula is C13H11ClFeN2. The Hall–Kier alpha value is -1.15. The van der Waals surface area contributed by atoms with Crippen LogP contribution in [-0.2, 0) is 17.1 Å². The summed E-state index contributed by atoms with van der Waals surface area (Å²) in [6, 6.07) is 13.3. The first-order valence-corrected chi connectivity index (χ1v) is 5.36. The molecule has 2 nitrogen and oxygen atoms in total. The summed E-state index contributed by atoms with van der Waals surface area (Å²) in [6.45, 7) is 1.92. The van der Waals surface area contributed by atoms with Crippen molar-refractivity contribution in [1.29, 1.82) is 0 Å². The molecule has 4 heteroatoms. The molecule has 0 saturated carbocycles. The minimum Gasteiger partial charge on any atom is -0.255 e. The van der Waals surface area contributed by atoms with Crippen molar-refractivity contribution < 1.29 is 17.1 Å². The van der Waals surface area contributed by atoms with E-state index in [1.165, 1.54) is 0 Å². The number of hydrogen-bond donors (Lipinski definition) is 0. The van der Waals surface area contributed by atoms with E-state index in [2.05, 4.69) is 9.98 Å². The van der Waals surface area contributed by atoms with Gasteiger partial charge in [-0.05, 0) is 31.2 Å². The number of aliphatic imine (C=N–C) groups is 1. The summed E-state index contributed by atoms with van der Waals surface area (Å²) in [4.78, 5) is 8.68. The second-order valence-corrected chi connectivity index (χ2v) is 3.77. The average molecular weight is 287 g/mol. The van der Waals surface area contributed by atoms with Crippen LogP contribution in [0.2, 0.25) is 5.02 Å². The monoisotopic (exact) mass is 286 g/mol. The van der Waals surface area contributed by atoms with Crippen molar-refractivity contribution >= 4 is 23.0 Å². The van der Waals surface area contributed by atoms with Crippen LogP contribution in [0.4, 0.5) is 5.69 Å². The van der Waals surface area contributed by atoms with Crippen molar-refractivity contribution in [2.24, 2.45) is 4.99 Å². The molecule has 0 spiro atoms. The summed E-state index contributed by atoms with van der Waals surface area (Å²) in [5.74, 6) is 0. The maximum Gasteiger partial charge on any atom is 0.0841 e. The van der Waals surface area contributed by atoms with Gasteiger partial charge in [0.2, 0.25) is 0 Å². The van der Waals surface area contributed by atoms with E-state index in [4.69, 9.17) is 11.6 Å². The van der Waals surface area contributed by atoms with E-state index in [0.717, 1.165) is 17.1 Å². The number of pyridine rings is 1. The first-order valence-electron chi connectivity index (χ1n) is 4.98. The Morgan fingerprint density at radius 3 is 2.47 bits per heavy atom. The third kappa shape index (κ3) is 3.67. The van der Waals surface area contributed by atoms with Gasteiger partial charge in [-0.1, -0.05) is 29.8 Å². The predicted molar refractivity (Wildman–Crippen MR) is 67.6 cm³/mol. The maximum atomic E-state index is 6.03. The van der Waals surface area contributed by atoms with Crippen LogP contribution in [0.25, 0.3) is 0 Å². The fourth-order valence-corrected chi connectivity index (χ4v) is 1.54. The first-order chi connectivity index (χ1) is 7.77. The minimum atomic E-state index is 0. The van der Waals surface area contributed by atoms with Crippen LogP contribution in [-0.4, -0.2) is 10.7 Å². The normalized spacial score (nSPS) is 10.8. The standard InChI is InChI=1S/C13H11ClN2.Fe/c1-10(12-7-4-5-9-15-12)16-13-8-3-2-6-11(13)14;/h2-9H,1H3;. The van der Waals surface area contributed by atoms with Crippen LogP contribution < -0.4 is 0 Å². The SMILES string of the molecule is CC(=Nc1ccccc1Cl)c1ccccn1.[Fe]. The Bertz CT molecular complexity index is 512. The summed E-state index contributed by atoms with van der Waals surface area (Å²) < 4.78 is 0. The second-order valence-electron chi connectivity index (χ2n) is 3.36. The summed E-state index contributed by atoms with van der Waals surface area (Å²) in [5, 5.41) is 0.651. The largest absolute Gasteiger partial charge is 0.255 e. The number of aromatic nitrogens is 1. The molecule has 2 rings (SSSR count). The van der Waals surface area contributed by atoms with Crippen molar-refractivity contribution in [2.75, 3.05) is 0 Å². The number of nitrogens with zero attached hydrogens (tertiary/aromatic N) is 2. The van der Waals surface area contributed by atoms with Crippen molar-refractivity contribution in [3.63, 3.8) is 0 Å². The van der Waals surface area contributed by atoms with Gasteiger partial charge in [-0.25, -0.2) is 4.99 Å². The molecule has 0 bridgehead atoms. The first kappa shape index (κ1) is 13.9. The molecule has 17 heavy (non-hydrogen) atoms. The summed E-state index contributed by atoms with van der Waals surface area (Å²) in [5.41, 5.74) is 2.49. The van der Waals surface area contributed by atoms with E-state index in [1.807, 2.05) is 49.4 Å². The molecule has 2 aromatic rings. The molecule has 0 unspecified atom stereocenters. The third-order valence-electron chi connectivity index (χ3n) is 2.18. The smallest absolute Gasteiger partial charge is 0.0841 e. The molecular weight excluding hydrogens is 275 g/mol. The Kier molecular flexibility index (Phi) is 5.36. The summed E-state index contributed by atoms with van der Waals surface area (Å²) in [6.07, 6.45) is 1.75. The molecule has 0 aliphatic rings. The van der Waals surface area contributed by atoms with E-state index in [1.54, 1.807) is 6.20 Å². The van der Waals surface area contributed by atoms with E-state index < -0.39 is 0 Å². The van der Waals surface area contributed by atoms with Gasteiger partial charge in [0, 0.05) is 23.3 Å². The maximum absolute atomic E-state index is 6.03. The zero-order valence-electron chi connectivity index (χ0n) is 9.24. The minimum absolute atomic E-state index is 0. The topological polar surface area (TPSA) is 25.2 Å². The Labute approximate surface area is 116 Å². The second kappa shape index (κ2) is 6.55. The molecule has 0 N–H and O–H groups in total. The van der Waals surface area contributed by atoms with Gasteiger partial charge in [-0.3, -0.25) is 4.98 Å². The molecule has 0 aliphatic carbocycles. The van der Waals surface area contributed by atoms with Gasteiger partial charge in [0.15, 0.2) is 0 Å². The zero-order valence-corrected chi connectivity index (χ0v) is 11.1. The van der Waals surface area contributed by atoms with E-state index >= 15 is 0 Å². The summed E-state index contributed by atoms with van der Waals surface area (Å²) >= 11 is 6.03. The van der Waals surface area contributed by atoms with Gasteiger partial charge in [0.25, 0.3) is 0 Å². The molecule has 1 heterocycles. The van der Waals surface area contributed by atoms with Gasteiger partial charge in [-0.15, -0.1) is 0 Å². The van der Waals surface area contributed by atoms with Gasteiger partial charge < -0.3 is 0 Å². The van der Waals surface area contributed by atoms with Crippen LogP contribution in [0, 0.1) is 0 Å². The number of hydrogen-bond acceptors (Lipinski definition) is 2. The number of para-hydroxylation sites is 1. The zero-order chi connectivity index (χ0) is 11.4. The molecule has 0 atom stereocenters. The molecule has 1 aromatic carbocycles. The van der Waals surface area contributed by atoms with Gasteiger partial charge in [0.05, 0.1) is 22.1 Å². The number of halogens is 1. The van der Waals surface area contributed by atoms with Crippen molar-refractivity contribution in [1.82, 2.24) is 4.98 Å². The van der Waals surface area contributed by atoms with Gasteiger partial charge >= 0.3 is 0 Å². The predicted octanol–water partition coefficient (Wildman–Crippen LogP) is 3.87. The van der Waals surface area contributed by atoms with Crippen molar-refractivity contribution in [2.45, 2.75) is 6.92 Å². The van der Waals surface area contributed by atoms with Crippen molar-refractivity contribution in [3.05, 3.63) is 59.4 Å². The molecule has 0 fully saturated rings. The van der Waals surface area contributed by atoms with Crippen molar-refractivity contribution in [3.8, 4) is 0 Å². The molecule has 88 valence electrons. The fourth-order valence-electron chi connectivity index (χ4n) is 1.36. The summed E-state index contributed by atoms with van der Waals surface area (Å²) in [7, 11) is 0. The Morgan fingerprint density at radius 2 is 1.82 bits per heavy atom. The van der Waals surface area contributed by atoms with Crippen LogP contribution in [0.3, 0.4) is 0 Å². The van der Waals surface area contributed by atoms with Crippen LogP contribution in [0.1, 0.15) is 12.6 Å². The van der Waals surface area contributed by atoms with Gasteiger partial charge in [0.1, 0.15) is 0 Å². The van der Waals surface area contributed by atoms with E-state index in [0.29, 0.717) is 5.02 Å². The molecule has 1 aromatic heterocycles.